The van der Waals surface area contributed by atoms with Gasteiger partial charge in [-0.3, -0.25) is 9.36 Å². The molecule has 2 heterocycles. The quantitative estimate of drug-likeness (QED) is 0.743. The molecule has 6 heteroatoms. The molecule has 0 amide bonds. The number of aromatic hydroxyl groups is 1. The summed E-state index contributed by atoms with van der Waals surface area (Å²) in [7, 11) is 0. The Hall–Kier alpha value is -2.89. The van der Waals surface area contributed by atoms with Gasteiger partial charge < -0.3 is 9.52 Å². The predicted molar refractivity (Wildman–Crippen MR) is 87.6 cm³/mol. The van der Waals surface area contributed by atoms with Crippen molar-refractivity contribution >= 4 is 6.29 Å². The smallest absolute Gasteiger partial charge is 0.326 e. The molecule has 0 spiro atoms. The number of rotatable bonds is 4. The van der Waals surface area contributed by atoms with Gasteiger partial charge in [0.15, 0.2) is 0 Å². The van der Waals surface area contributed by atoms with E-state index < -0.39 is 0 Å². The minimum atomic E-state index is 0.0648. The lowest BCUT2D eigenvalue weighted by atomic mass is 10.0. The third kappa shape index (κ3) is 2.40. The molecule has 0 atom stereocenters. The first kappa shape index (κ1) is 14.7. The van der Waals surface area contributed by atoms with Crippen molar-refractivity contribution in [3.05, 3.63) is 47.1 Å². The van der Waals surface area contributed by atoms with E-state index in [1.807, 2.05) is 24.6 Å². The fourth-order valence-corrected chi connectivity index (χ4v) is 3.06. The standard InChI is InChI=1S/C18H17N3O3/c1-10-8-21(18-20-19-17(24-18)13-3-4-13)11(2)16(10)14-5-12(9-22)6-15(23)7-14/h5-9,13,23H,3-4H2,1-2H3. The van der Waals surface area contributed by atoms with E-state index in [0.717, 1.165) is 41.5 Å². The van der Waals surface area contributed by atoms with E-state index in [2.05, 4.69) is 10.2 Å². The van der Waals surface area contributed by atoms with Crippen molar-refractivity contribution in [2.75, 3.05) is 0 Å². The van der Waals surface area contributed by atoms with Crippen molar-refractivity contribution in [1.29, 1.82) is 0 Å². The highest BCUT2D eigenvalue weighted by atomic mass is 16.4. The molecule has 1 aliphatic carbocycles. The maximum Gasteiger partial charge on any atom is 0.326 e. The first-order valence-electron chi connectivity index (χ1n) is 7.88. The van der Waals surface area contributed by atoms with Crippen LogP contribution in [0.3, 0.4) is 0 Å². The van der Waals surface area contributed by atoms with E-state index in [1.165, 1.54) is 6.07 Å². The van der Waals surface area contributed by atoms with Crippen LogP contribution in [0.2, 0.25) is 0 Å². The second-order valence-corrected chi connectivity index (χ2v) is 6.27. The molecule has 3 aromatic rings. The number of aromatic nitrogens is 3. The third-order valence-electron chi connectivity index (χ3n) is 4.37. The topological polar surface area (TPSA) is 81.2 Å². The highest BCUT2D eigenvalue weighted by Crippen LogP contribution is 2.40. The molecule has 4 rings (SSSR count). The summed E-state index contributed by atoms with van der Waals surface area (Å²) < 4.78 is 7.64. The Bertz CT molecular complexity index is 935. The van der Waals surface area contributed by atoms with Gasteiger partial charge in [-0.2, -0.15) is 0 Å². The van der Waals surface area contributed by atoms with Gasteiger partial charge >= 0.3 is 6.01 Å². The van der Waals surface area contributed by atoms with E-state index in [9.17, 15) is 9.90 Å². The first-order valence-corrected chi connectivity index (χ1v) is 7.88. The largest absolute Gasteiger partial charge is 0.508 e. The normalized spacial score (nSPS) is 14.1. The number of benzene rings is 1. The maximum absolute atomic E-state index is 11.1. The summed E-state index contributed by atoms with van der Waals surface area (Å²) in [6.45, 7) is 3.93. The third-order valence-corrected chi connectivity index (χ3v) is 4.37. The second kappa shape index (κ2) is 5.33. The second-order valence-electron chi connectivity index (χ2n) is 6.27. The molecular weight excluding hydrogens is 306 g/mol. The Balaban J connectivity index is 1.81. The van der Waals surface area contributed by atoms with Gasteiger partial charge in [0.2, 0.25) is 5.89 Å². The van der Waals surface area contributed by atoms with Gasteiger partial charge in [0.1, 0.15) is 12.0 Å². The van der Waals surface area contributed by atoms with E-state index in [-0.39, 0.29) is 5.75 Å². The Kier molecular flexibility index (Phi) is 3.26. The molecule has 6 nitrogen and oxygen atoms in total. The lowest BCUT2D eigenvalue weighted by Crippen LogP contribution is -1.95. The molecule has 0 bridgehead atoms. The lowest BCUT2D eigenvalue weighted by Gasteiger charge is -2.06. The van der Waals surface area contributed by atoms with Crippen molar-refractivity contribution in [1.82, 2.24) is 14.8 Å². The number of phenolic OH excluding ortho intramolecular Hbond substituents is 1. The van der Waals surface area contributed by atoms with Crippen molar-refractivity contribution in [3.63, 3.8) is 0 Å². The summed E-state index contributed by atoms with van der Waals surface area (Å²) in [6.07, 6.45) is 4.87. The molecule has 122 valence electrons. The molecule has 1 fully saturated rings. The number of nitrogens with zero attached hydrogens (tertiary/aromatic N) is 3. The molecule has 0 unspecified atom stereocenters. The summed E-state index contributed by atoms with van der Waals surface area (Å²) >= 11 is 0. The van der Waals surface area contributed by atoms with Gasteiger partial charge in [-0.15, -0.1) is 5.10 Å². The summed E-state index contributed by atoms with van der Waals surface area (Å²) in [5, 5.41) is 18.1. The van der Waals surface area contributed by atoms with Crippen LogP contribution in [0.25, 0.3) is 17.1 Å². The Labute approximate surface area is 138 Å². The van der Waals surface area contributed by atoms with Crippen LogP contribution in [0, 0.1) is 13.8 Å². The average molecular weight is 323 g/mol. The Morgan fingerprint density at radius 2 is 2.04 bits per heavy atom. The molecule has 0 aliphatic heterocycles. The fraction of sp³-hybridized carbons (Fsp3) is 0.278. The Morgan fingerprint density at radius 1 is 1.25 bits per heavy atom. The number of aldehydes is 1. The van der Waals surface area contributed by atoms with Crippen molar-refractivity contribution in [3.8, 4) is 22.9 Å². The van der Waals surface area contributed by atoms with Gasteiger partial charge in [0.25, 0.3) is 0 Å². The molecule has 2 aromatic heterocycles. The molecule has 1 aliphatic rings. The first-order chi connectivity index (χ1) is 11.6. The molecule has 1 saturated carbocycles. The summed E-state index contributed by atoms with van der Waals surface area (Å²) in [6, 6.07) is 5.30. The zero-order chi connectivity index (χ0) is 16.8. The van der Waals surface area contributed by atoms with Gasteiger partial charge in [-0.05, 0) is 56.0 Å². The highest BCUT2D eigenvalue weighted by Gasteiger charge is 2.30. The van der Waals surface area contributed by atoms with Crippen LogP contribution in [-0.4, -0.2) is 26.2 Å². The van der Waals surface area contributed by atoms with Crippen LogP contribution in [-0.2, 0) is 0 Å². The monoisotopic (exact) mass is 323 g/mol. The van der Waals surface area contributed by atoms with Crippen LogP contribution in [0.15, 0.2) is 28.8 Å². The maximum atomic E-state index is 11.1. The average Bonchev–Trinajstić information content (AvgIpc) is 3.21. The van der Waals surface area contributed by atoms with Gasteiger partial charge in [0, 0.05) is 28.9 Å². The molecule has 0 radical (unpaired) electrons. The van der Waals surface area contributed by atoms with E-state index in [0.29, 0.717) is 23.4 Å². The number of carbonyl (C=O) groups is 1. The van der Waals surface area contributed by atoms with Crippen LogP contribution in [0.1, 0.15) is 46.3 Å². The fourth-order valence-electron chi connectivity index (χ4n) is 3.06. The number of hydrogen-bond acceptors (Lipinski definition) is 5. The molecule has 1 N–H and O–H groups in total. The van der Waals surface area contributed by atoms with Crippen LogP contribution >= 0.6 is 0 Å². The summed E-state index contributed by atoms with van der Waals surface area (Å²) in [5.74, 6) is 1.16. The van der Waals surface area contributed by atoms with E-state index in [4.69, 9.17) is 4.42 Å². The van der Waals surface area contributed by atoms with E-state index >= 15 is 0 Å². The molecule has 1 aromatic carbocycles. The Morgan fingerprint density at radius 3 is 2.75 bits per heavy atom. The zero-order valence-electron chi connectivity index (χ0n) is 13.5. The van der Waals surface area contributed by atoms with Crippen molar-refractivity contribution in [2.24, 2.45) is 0 Å². The van der Waals surface area contributed by atoms with Crippen molar-refractivity contribution < 1.29 is 14.3 Å². The number of carbonyl (C=O) groups excluding carboxylic acids is 1. The molecular formula is C18H17N3O3. The minimum absolute atomic E-state index is 0.0648. The number of phenols is 1. The number of aryl methyl sites for hydroxylation is 1. The predicted octanol–water partition coefficient (Wildman–Crippen LogP) is 3.54. The zero-order valence-corrected chi connectivity index (χ0v) is 13.5. The van der Waals surface area contributed by atoms with E-state index in [1.54, 1.807) is 12.1 Å². The van der Waals surface area contributed by atoms with Crippen LogP contribution in [0.4, 0.5) is 0 Å². The van der Waals surface area contributed by atoms with Gasteiger partial charge in [-0.25, -0.2) is 0 Å². The highest BCUT2D eigenvalue weighted by molar-refractivity contribution is 5.81. The number of hydrogen-bond donors (Lipinski definition) is 1. The molecule has 0 saturated heterocycles. The van der Waals surface area contributed by atoms with Gasteiger partial charge in [0.05, 0.1) is 0 Å². The van der Waals surface area contributed by atoms with Crippen LogP contribution < -0.4 is 0 Å². The summed E-state index contributed by atoms with van der Waals surface area (Å²) in [4.78, 5) is 11.1. The van der Waals surface area contributed by atoms with Gasteiger partial charge in [-0.1, -0.05) is 5.10 Å². The minimum Gasteiger partial charge on any atom is -0.508 e. The molecule has 24 heavy (non-hydrogen) atoms. The SMILES string of the molecule is Cc1cn(-c2nnc(C3CC3)o2)c(C)c1-c1cc(O)cc(C=O)c1. The van der Waals surface area contributed by atoms with Crippen LogP contribution in [0.5, 0.6) is 5.75 Å². The summed E-state index contributed by atoms with van der Waals surface area (Å²) in [5.41, 5.74) is 4.08. The lowest BCUT2D eigenvalue weighted by molar-refractivity contribution is 0.112. The van der Waals surface area contributed by atoms with Crippen molar-refractivity contribution in [2.45, 2.75) is 32.6 Å².